The lowest BCUT2D eigenvalue weighted by molar-refractivity contribution is 0.370. The summed E-state index contributed by atoms with van der Waals surface area (Å²) in [4.78, 5) is 4.38. The number of anilines is 1. The van der Waals surface area contributed by atoms with E-state index >= 15 is 0 Å². The van der Waals surface area contributed by atoms with Crippen molar-refractivity contribution in [3.63, 3.8) is 0 Å². The highest BCUT2D eigenvalue weighted by molar-refractivity contribution is 5.38. The van der Waals surface area contributed by atoms with Crippen LogP contribution in [0.2, 0.25) is 0 Å². The van der Waals surface area contributed by atoms with Crippen LogP contribution in [-0.4, -0.2) is 31.2 Å². The van der Waals surface area contributed by atoms with Gasteiger partial charge in [-0.3, -0.25) is 0 Å². The lowest BCUT2D eigenvalue weighted by Crippen LogP contribution is -2.35. The molecule has 1 heterocycles. The van der Waals surface area contributed by atoms with Gasteiger partial charge in [-0.25, -0.2) is 0 Å². The van der Waals surface area contributed by atoms with Gasteiger partial charge in [-0.2, -0.15) is 4.98 Å². The van der Waals surface area contributed by atoms with E-state index in [4.69, 9.17) is 4.74 Å². The highest BCUT2D eigenvalue weighted by Gasteiger charge is 2.19. The van der Waals surface area contributed by atoms with Gasteiger partial charge in [0.2, 0.25) is 5.88 Å². The minimum Gasteiger partial charge on any atom is -0.481 e. The van der Waals surface area contributed by atoms with Gasteiger partial charge >= 0.3 is 0 Å². The Morgan fingerprint density at radius 1 is 1.18 bits per heavy atom. The summed E-state index contributed by atoms with van der Waals surface area (Å²) in [6.45, 7) is 0. The standard InChI is InChI=1S/C13H21N3O/c1-14-10-6-8-11(9-7-10)15-12-4-3-5-13(16-12)17-2/h3-5,10-11,14H,6-9H2,1-2H3,(H,15,16). The van der Waals surface area contributed by atoms with Gasteiger partial charge < -0.3 is 15.4 Å². The van der Waals surface area contributed by atoms with E-state index in [2.05, 4.69) is 15.6 Å². The fraction of sp³-hybridized carbons (Fsp3) is 0.615. The third-order valence-corrected chi connectivity index (χ3v) is 3.42. The maximum atomic E-state index is 5.12. The van der Waals surface area contributed by atoms with E-state index in [-0.39, 0.29) is 0 Å². The van der Waals surface area contributed by atoms with Gasteiger partial charge in [0, 0.05) is 18.2 Å². The fourth-order valence-electron chi connectivity index (χ4n) is 2.34. The SMILES string of the molecule is CNC1CCC(Nc2cccc(OC)n2)CC1. The summed E-state index contributed by atoms with van der Waals surface area (Å²) >= 11 is 0. The molecule has 0 saturated heterocycles. The molecule has 0 unspecified atom stereocenters. The van der Waals surface area contributed by atoms with Crippen LogP contribution in [0.3, 0.4) is 0 Å². The van der Waals surface area contributed by atoms with Crippen LogP contribution >= 0.6 is 0 Å². The van der Waals surface area contributed by atoms with E-state index in [0.29, 0.717) is 18.0 Å². The monoisotopic (exact) mass is 235 g/mol. The maximum absolute atomic E-state index is 5.12. The number of aromatic nitrogens is 1. The second-order valence-corrected chi connectivity index (χ2v) is 4.55. The summed E-state index contributed by atoms with van der Waals surface area (Å²) in [5.41, 5.74) is 0. The van der Waals surface area contributed by atoms with Gasteiger partial charge in [0.25, 0.3) is 0 Å². The Labute approximate surface area is 103 Å². The third-order valence-electron chi connectivity index (χ3n) is 3.42. The molecule has 0 radical (unpaired) electrons. The molecular weight excluding hydrogens is 214 g/mol. The largest absolute Gasteiger partial charge is 0.481 e. The molecule has 0 atom stereocenters. The zero-order valence-corrected chi connectivity index (χ0v) is 10.6. The molecular formula is C13H21N3O. The maximum Gasteiger partial charge on any atom is 0.214 e. The van der Waals surface area contributed by atoms with Crippen LogP contribution in [-0.2, 0) is 0 Å². The van der Waals surface area contributed by atoms with E-state index in [1.165, 1.54) is 25.7 Å². The molecule has 0 aliphatic heterocycles. The van der Waals surface area contributed by atoms with Gasteiger partial charge in [0.15, 0.2) is 0 Å². The molecule has 4 nitrogen and oxygen atoms in total. The number of rotatable bonds is 4. The molecule has 0 amide bonds. The van der Waals surface area contributed by atoms with Crippen molar-refractivity contribution in [3.8, 4) is 5.88 Å². The van der Waals surface area contributed by atoms with Crippen molar-refractivity contribution >= 4 is 5.82 Å². The summed E-state index contributed by atoms with van der Waals surface area (Å²) in [6, 6.07) is 7.05. The Kier molecular flexibility index (Phi) is 4.20. The van der Waals surface area contributed by atoms with Gasteiger partial charge in [0.05, 0.1) is 7.11 Å². The van der Waals surface area contributed by atoms with Gasteiger partial charge in [-0.15, -0.1) is 0 Å². The molecule has 4 heteroatoms. The minimum atomic E-state index is 0.541. The average molecular weight is 235 g/mol. The van der Waals surface area contributed by atoms with Crippen LogP contribution in [0.4, 0.5) is 5.82 Å². The molecule has 0 spiro atoms. The molecule has 17 heavy (non-hydrogen) atoms. The Morgan fingerprint density at radius 2 is 1.88 bits per heavy atom. The molecule has 1 saturated carbocycles. The zero-order chi connectivity index (χ0) is 12.1. The highest BCUT2D eigenvalue weighted by atomic mass is 16.5. The predicted octanol–water partition coefficient (Wildman–Crippen LogP) is 2.03. The number of nitrogens with zero attached hydrogens (tertiary/aromatic N) is 1. The zero-order valence-electron chi connectivity index (χ0n) is 10.6. The summed E-state index contributed by atoms with van der Waals surface area (Å²) in [5, 5.41) is 6.82. The number of methoxy groups -OCH3 is 1. The van der Waals surface area contributed by atoms with Crippen molar-refractivity contribution in [2.24, 2.45) is 0 Å². The quantitative estimate of drug-likeness (QED) is 0.838. The first-order chi connectivity index (χ1) is 8.31. The van der Waals surface area contributed by atoms with Crippen LogP contribution in [0, 0.1) is 0 Å². The van der Waals surface area contributed by atoms with E-state index < -0.39 is 0 Å². The van der Waals surface area contributed by atoms with Gasteiger partial charge in [-0.1, -0.05) is 6.07 Å². The molecule has 0 bridgehead atoms. The minimum absolute atomic E-state index is 0.541. The highest BCUT2D eigenvalue weighted by Crippen LogP contribution is 2.22. The lowest BCUT2D eigenvalue weighted by atomic mass is 9.91. The number of hydrogen-bond donors (Lipinski definition) is 2. The topological polar surface area (TPSA) is 46.2 Å². The number of nitrogens with one attached hydrogen (secondary N) is 2. The Hall–Kier alpha value is -1.29. The fourth-order valence-corrected chi connectivity index (χ4v) is 2.34. The summed E-state index contributed by atoms with van der Waals surface area (Å²) in [5.74, 6) is 1.58. The first-order valence-corrected chi connectivity index (χ1v) is 6.26. The van der Waals surface area contributed by atoms with Crippen molar-refractivity contribution in [1.82, 2.24) is 10.3 Å². The Morgan fingerprint density at radius 3 is 2.53 bits per heavy atom. The smallest absolute Gasteiger partial charge is 0.214 e. The van der Waals surface area contributed by atoms with E-state index in [9.17, 15) is 0 Å². The molecule has 1 fully saturated rings. The number of hydrogen-bond acceptors (Lipinski definition) is 4. The lowest BCUT2D eigenvalue weighted by Gasteiger charge is -2.29. The van der Waals surface area contributed by atoms with Crippen molar-refractivity contribution in [1.29, 1.82) is 0 Å². The van der Waals surface area contributed by atoms with Crippen LogP contribution in [0.25, 0.3) is 0 Å². The van der Waals surface area contributed by atoms with Crippen LogP contribution in [0.15, 0.2) is 18.2 Å². The Bertz CT molecular complexity index is 348. The van der Waals surface area contributed by atoms with Crippen molar-refractivity contribution in [2.75, 3.05) is 19.5 Å². The molecule has 1 aliphatic rings. The summed E-state index contributed by atoms with van der Waals surface area (Å²) < 4.78 is 5.12. The molecule has 94 valence electrons. The third kappa shape index (κ3) is 3.33. The van der Waals surface area contributed by atoms with Crippen LogP contribution in [0.5, 0.6) is 5.88 Å². The van der Waals surface area contributed by atoms with Crippen LogP contribution in [0.1, 0.15) is 25.7 Å². The first-order valence-electron chi connectivity index (χ1n) is 6.26. The van der Waals surface area contributed by atoms with Crippen molar-refractivity contribution in [3.05, 3.63) is 18.2 Å². The molecule has 0 aromatic carbocycles. The molecule has 2 rings (SSSR count). The molecule has 1 aromatic rings. The summed E-state index contributed by atoms with van der Waals surface area (Å²) in [6.07, 6.45) is 4.87. The Balaban J connectivity index is 1.88. The summed E-state index contributed by atoms with van der Waals surface area (Å²) in [7, 11) is 3.69. The van der Waals surface area contributed by atoms with Crippen molar-refractivity contribution in [2.45, 2.75) is 37.8 Å². The van der Waals surface area contributed by atoms with Gasteiger partial charge in [-0.05, 0) is 38.8 Å². The molecule has 1 aromatic heterocycles. The van der Waals surface area contributed by atoms with E-state index in [0.717, 1.165) is 5.82 Å². The first kappa shape index (κ1) is 12.2. The molecule has 2 N–H and O–H groups in total. The number of pyridine rings is 1. The second kappa shape index (κ2) is 5.87. The van der Waals surface area contributed by atoms with Crippen LogP contribution < -0.4 is 15.4 Å². The molecule has 1 aliphatic carbocycles. The van der Waals surface area contributed by atoms with Gasteiger partial charge in [0.1, 0.15) is 5.82 Å². The number of ether oxygens (including phenoxy) is 1. The van der Waals surface area contributed by atoms with E-state index in [1.807, 2.05) is 25.2 Å². The normalized spacial score (nSPS) is 24.4. The van der Waals surface area contributed by atoms with Crippen molar-refractivity contribution < 1.29 is 4.74 Å². The average Bonchev–Trinajstić information content (AvgIpc) is 2.40. The van der Waals surface area contributed by atoms with E-state index in [1.54, 1.807) is 7.11 Å². The second-order valence-electron chi connectivity index (χ2n) is 4.55. The predicted molar refractivity (Wildman–Crippen MR) is 69.5 cm³/mol.